The Kier molecular flexibility index (Phi) is 4.95. The first-order valence-corrected chi connectivity index (χ1v) is 7.88. The topological polar surface area (TPSA) is 49.8 Å². The number of nitrogens with one attached hydrogen (secondary N) is 2. The Hall–Kier alpha value is -1.62. The third-order valence-corrected chi connectivity index (χ3v) is 4.28. The van der Waals surface area contributed by atoms with Gasteiger partial charge in [-0.3, -0.25) is 0 Å². The lowest BCUT2D eigenvalue weighted by Gasteiger charge is -2.17. The zero-order valence-corrected chi connectivity index (χ0v) is 13.3. The molecule has 0 radical (unpaired) electrons. The molecule has 2 aromatic heterocycles. The highest BCUT2D eigenvalue weighted by atomic mass is 32.1. The van der Waals surface area contributed by atoms with Gasteiger partial charge in [0.15, 0.2) is 0 Å². The van der Waals surface area contributed by atoms with Gasteiger partial charge in [-0.15, -0.1) is 11.3 Å². The van der Waals surface area contributed by atoms with E-state index in [0.717, 1.165) is 35.9 Å². The van der Waals surface area contributed by atoms with E-state index in [1.165, 1.54) is 4.88 Å². The smallest absolute Gasteiger partial charge is 0.135 e. The maximum Gasteiger partial charge on any atom is 0.135 e. The average Bonchev–Trinajstić information content (AvgIpc) is 2.96. The molecule has 0 aliphatic heterocycles. The predicted octanol–water partition coefficient (Wildman–Crippen LogP) is 4.01. The van der Waals surface area contributed by atoms with Crippen molar-refractivity contribution >= 4 is 23.0 Å². The van der Waals surface area contributed by atoms with Crippen molar-refractivity contribution in [1.82, 2.24) is 9.97 Å². The average molecular weight is 290 g/mol. The van der Waals surface area contributed by atoms with Crippen LogP contribution in [0.4, 0.5) is 11.6 Å². The van der Waals surface area contributed by atoms with Gasteiger partial charge in [0.2, 0.25) is 0 Å². The summed E-state index contributed by atoms with van der Waals surface area (Å²) in [5.41, 5.74) is 1.07. The molecule has 0 aliphatic rings. The molecule has 2 N–H and O–H groups in total. The van der Waals surface area contributed by atoms with E-state index < -0.39 is 0 Å². The number of rotatable bonds is 6. The molecule has 20 heavy (non-hydrogen) atoms. The lowest BCUT2D eigenvalue weighted by Crippen LogP contribution is -2.12. The number of aryl methyl sites for hydroxylation is 1. The van der Waals surface area contributed by atoms with Crippen LogP contribution in [0, 0.1) is 6.92 Å². The second kappa shape index (κ2) is 6.70. The number of aromatic nitrogens is 2. The Bertz CT molecular complexity index is 551. The molecule has 5 heteroatoms. The molecule has 2 heterocycles. The summed E-state index contributed by atoms with van der Waals surface area (Å²) in [6.45, 7) is 6.35. The first kappa shape index (κ1) is 14.8. The van der Waals surface area contributed by atoms with E-state index in [4.69, 9.17) is 0 Å². The maximum absolute atomic E-state index is 4.66. The molecule has 108 valence electrons. The summed E-state index contributed by atoms with van der Waals surface area (Å²) in [6, 6.07) is 4.47. The van der Waals surface area contributed by atoms with Gasteiger partial charge in [0, 0.05) is 23.9 Å². The number of anilines is 2. The highest BCUT2D eigenvalue weighted by Crippen LogP contribution is 2.26. The van der Waals surface area contributed by atoms with Crippen molar-refractivity contribution in [2.75, 3.05) is 17.7 Å². The van der Waals surface area contributed by atoms with Crippen molar-refractivity contribution in [2.45, 2.75) is 39.7 Å². The van der Waals surface area contributed by atoms with E-state index in [9.17, 15) is 0 Å². The molecule has 1 atom stereocenters. The molecule has 0 amide bonds. The minimum Gasteiger partial charge on any atom is -0.373 e. The van der Waals surface area contributed by atoms with E-state index in [1.807, 2.05) is 14.0 Å². The van der Waals surface area contributed by atoms with Gasteiger partial charge in [0.1, 0.15) is 17.5 Å². The normalized spacial score (nSPS) is 12.2. The van der Waals surface area contributed by atoms with Crippen LogP contribution in [-0.4, -0.2) is 17.0 Å². The number of thiophene rings is 1. The second-order valence-electron chi connectivity index (χ2n) is 4.84. The Morgan fingerprint density at radius 1 is 1.30 bits per heavy atom. The van der Waals surface area contributed by atoms with Crippen molar-refractivity contribution in [3.05, 3.63) is 33.8 Å². The van der Waals surface area contributed by atoms with Gasteiger partial charge in [0.25, 0.3) is 0 Å². The molecule has 4 nitrogen and oxygen atoms in total. The molecule has 2 rings (SSSR count). The monoisotopic (exact) mass is 290 g/mol. The Morgan fingerprint density at radius 3 is 2.65 bits per heavy atom. The fourth-order valence-electron chi connectivity index (χ4n) is 2.10. The summed E-state index contributed by atoms with van der Waals surface area (Å²) in [5, 5.41) is 8.76. The first-order valence-electron chi connectivity index (χ1n) is 7.00. The lowest BCUT2D eigenvalue weighted by atomic mass is 10.2. The number of nitrogens with zero attached hydrogens (tertiary/aromatic N) is 2. The third kappa shape index (κ3) is 3.28. The summed E-state index contributed by atoms with van der Waals surface area (Å²) >= 11 is 1.76. The van der Waals surface area contributed by atoms with Crippen molar-refractivity contribution in [2.24, 2.45) is 0 Å². The van der Waals surface area contributed by atoms with Gasteiger partial charge < -0.3 is 10.6 Å². The van der Waals surface area contributed by atoms with E-state index in [0.29, 0.717) is 0 Å². The fraction of sp³-hybridized carbons (Fsp3) is 0.467. The van der Waals surface area contributed by atoms with Crippen LogP contribution in [0.5, 0.6) is 0 Å². The minimum absolute atomic E-state index is 0.253. The molecule has 0 saturated carbocycles. The van der Waals surface area contributed by atoms with Crippen LogP contribution < -0.4 is 10.6 Å². The van der Waals surface area contributed by atoms with Crippen molar-refractivity contribution in [1.29, 1.82) is 0 Å². The second-order valence-corrected chi connectivity index (χ2v) is 5.82. The molecule has 0 bridgehead atoms. The van der Waals surface area contributed by atoms with E-state index in [-0.39, 0.29) is 6.04 Å². The minimum atomic E-state index is 0.253. The molecule has 0 spiro atoms. The molecule has 0 aromatic carbocycles. The highest BCUT2D eigenvalue weighted by Gasteiger charge is 2.13. The number of hydrogen-bond donors (Lipinski definition) is 2. The third-order valence-electron chi connectivity index (χ3n) is 3.23. The summed E-state index contributed by atoms with van der Waals surface area (Å²) in [7, 11) is 1.90. The molecule has 0 fully saturated rings. The molecule has 2 aromatic rings. The zero-order valence-electron chi connectivity index (χ0n) is 12.5. The molecule has 1 unspecified atom stereocenters. The van der Waals surface area contributed by atoms with Crippen LogP contribution in [0.25, 0.3) is 0 Å². The molecule has 0 aliphatic carbocycles. The van der Waals surface area contributed by atoms with E-state index >= 15 is 0 Å². The zero-order chi connectivity index (χ0) is 14.5. The van der Waals surface area contributed by atoms with Crippen LogP contribution in [0.2, 0.25) is 0 Å². The standard InChI is InChI=1S/C15H22N4S/c1-5-7-13-18-14(16-4)10(2)15(19-13)17-11(3)12-8-6-9-20-12/h6,8-9,11H,5,7H2,1-4H3,(H2,16,17,18,19). The maximum atomic E-state index is 4.66. The quantitative estimate of drug-likeness (QED) is 0.844. The summed E-state index contributed by atoms with van der Waals surface area (Å²) in [5.74, 6) is 2.72. The van der Waals surface area contributed by atoms with Gasteiger partial charge in [0.05, 0.1) is 6.04 Å². The largest absolute Gasteiger partial charge is 0.373 e. The summed E-state index contributed by atoms with van der Waals surface area (Å²) in [4.78, 5) is 10.5. The van der Waals surface area contributed by atoms with Crippen molar-refractivity contribution in [3.8, 4) is 0 Å². The van der Waals surface area contributed by atoms with Crippen LogP contribution in [-0.2, 0) is 6.42 Å². The van der Waals surface area contributed by atoms with Crippen molar-refractivity contribution in [3.63, 3.8) is 0 Å². The summed E-state index contributed by atoms with van der Waals surface area (Å²) < 4.78 is 0. The van der Waals surface area contributed by atoms with Crippen LogP contribution in [0.1, 0.15) is 42.6 Å². The molecular weight excluding hydrogens is 268 g/mol. The van der Waals surface area contributed by atoms with Crippen molar-refractivity contribution < 1.29 is 0 Å². The SMILES string of the molecule is CCCc1nc(NC)c(C)c(NC(C)c2cccs2)n1. The Balaban J connectivity index is 2.27. The van der Waals surface area contributed by atoms with Gasteiger partial charge in [-0.2, -0.15) is 0 Å². The van der Waals surface area contributed by atoms with Gasteiger partial charge in [-0.05, 0) is 31.7 Å². The predicted molar refractivity (Wildman–Crippen MR) is 86.7 cm³/mol. The van der Waals surface area contributed by atoms with Crippen LogP contribution in [0.15, 0.2) is 17.5 Å². The van der Waals surface area contributed by atoms with Gasteiger partial charge in [-0.25, -0.2) is 9.97 Å². The van der Waals surface area contributed by atoms with E-state index in [2.05, 4.69) is 52.0 Å². The first-order chi connectivity index (χ1) is 9.65. The molecular formula is C15H22N4S. The van der Waals surface area contributed by atoms with Gasteiger partial charge >= 0.3 is 0 Å². The fourth-order valence-corrected chi connectivity index (χ4v) is 2.83. The Labute approximate surface area is 124 Å². The van der Waals surface area contributed by atoms with Gasteiger partial charge in [-0.1, -0.05) is 13.0 Å². The number of hydrogen-bond acceptors (Lipinski definition) is 5. The molecule has 0 saturated heterocycles. The van der Waals surface area contributed by atoms with Crippen LogP contribution >= 0.6 is 11.3 Å². The highest BCUT2D eigenvalue weighted by molar-refractivity contribution is 7.10. The Morgan fingerprint density at radius 2 is 2.05 bits per heavy atom. The lowest BCUT2D eigenvalue weighted by molar-refractivity contribution is 0.819. The van der Waals surface area contributed by atoms with E-state index in [1.54, 1.807) is 11.3 Å². The summed E-state index contributed by atoms with van der Waals surface area (Å²) in [6.07, 6.45) is 1.95. The van der Waals surface area contributed by atoms with Crippen LogP contribution in [0.3, 0.4) is 0 Å².